The van der Waals surface area contributed by atoms with Crippen molar-refractivity contribution in [2.45, 2.75) is 0 Å². The predicted molar refractivity (Wildman–Crippen MR) is 66.0 cm³/mol. The Bertz CT molecular complexity index is 470. The summed E-state index contributed by atoms with van der Waals surface area (Å²) in [6.07, 6.45) is 1.75. The minimum atomic E-state index is -0.198. The maximum Gasteiger partial charge on any atom is 0.273 e. The van der Waals surface area contributed by atoms with E-state index in [0.717, 1.165) is 10.0 Å². The molecular weight excluding hydrogens is 276 g/mol. The lowest BCUT2D eigenvalue weighted by molar-refractivity contribution is -0.115. The Hall–Kier alpha value is -1.20. The number of benzene rings is 1. The van der Waals surface area contributed by atoms with Crippen LogP contribution in [0.25, 0.3) is 6.08 Å². The first kappa shape index (κ1) is 10.3. The molecule has 1 aliphatic heterocycles. The Kier molecular flexibility index (Phi) is 2.83. The fourth-order valence-corrected chi connectivity index (χ4v) is 1.83. The monoisotopic (exact) mass is 282 g/mol. The van der Waals surface area contributed by atoms with Crippen LogP contribution in [0, 0.1) is 0 Å². The van der Waals surface area contributed by atoms with Crippen LogP contribution in [0.15, 0.2) is 34.4 Å². The van der Waals surface area contributed by atoms with Crippen molar-refractivity contribution < 1.29 is 4.79 Å². The Morgan fingerprint density at radius 3 is 2.60 bits per heavy atom. The van der Waals surface area contributed by atoms with E-state index in [1.165, 1.54) is 0 Å². The van der Waals surface area contributed by atoms with Gasteiger partial charge in [0, 0.05) is 4.47 Å². The smallest absolute Gasteiger partial charge is 0.273 e. The number of carbonyl (C=O) groups excluding carboxylic acids is 1. The van der Waals surface area contributed by atoms with E-state index in [0.29, 0.717) is 10.8 Å². The van der Waals surface area contributed by atoms with Gasteiger partial charge in [0.05, 0.1) is 0 Å². The summed E-state index contributed by atoms with van der Waals surface area (Å²) in [5, 5.41) is 5.64. The van der Waals surface area contributed by atoms with E-state index in [9.17, 15) is 4.79 Å². The topological polar surface area (TPSA) is 41.1 Å². The number of nitrogens with one attached hydrogen (secondary N) is 2. The molecule has 5 heteroatoms. The third kappa shape index (κ3) is 2.24. The van der Waals surface area contributed by atoms with Gasteiger partial charge in [0.1, 0.15) is 5.70 Å². The summed E-state index contributed by atoms with van der Waals surface area (Å²) in [6, 6.07) is 7.65. The van der Waals surface area contributed by atoms with Crippen molar-refractivity contribution in [3.8, 4) is 0 Å². The van der Waals surface area contributed by atoms with Crippen LogP contribution in [-0.4, -0.2) is 11.0 Å². The second kappa shape index (κ2) is 4.12. The lowest BCUT2D eigenvalue weighted by Gasteiger charge is -1.98. The number of thiocarbonyl (C=S) groups is 1. The number of amides is 1. The van der Waals surface area contributed by atoms with Crippen LogP contribution in [0.5, 0.6) is 0 Å². The van der Waals surface area contributed by atoms with Crippen LogP contribution < -0.4 is 10.6 Å². The molecule has 1 aromatic carbocycles. The van der Waals surface area contributed by atoms with Crippen LogP contribution >= 0.6 is 28.1 Å². The van der Waals surface area contributed by atoms with Crippen molar-refractivity contribution in [3.05, 3.63) is 40.0 Å². The molecular formula is C10H7BrN2OS. The maximum absolute atomic E-state index is 11.4. The third-order valence-electron chi connectivity index (χ3n) is 1.92. The van der Waals surface area contributed by atoms with Gasteiger partial charge >= 0.3 is 0 Å². The lowest BCUT2D eigenvalue weighted by Crippen LogP contribution is -2.21. The van der Waals surface area contributed by atoms with Gasteiger partial charge in [0.15, 0.2) is 5.11 Å². The van der Waals surface area contributed by atoms with Crippen molar-refractivity contribution in [2.24, 2.45) is 0 Å². The quantitative estimate of drug-likeness (QED) is 0.610. The predicted octanol–water partition coefficient (Wildman–Crippen LogP) is 1.79. The molecule has 0 spiro atoms. The Morgan fingerprint density at radius 1 is 1.27 bits per heavy atom. The van der Waals surface area contributed by atoms with Crippen molar-refractivity contribution >= 4 is 45.2 Å². The average Bonchev–Trinajstić information content (AvgIpc) is 2.49. The zero-order chi connectivity index (χ0) is 10.8. The minimum absolute atomic E-state index is 0.198. The molecule has 0 atom stereocenters. The highest BCUT2D eigenvalue weighted by atomic mass is 79.9. The van der Waals surface area contributed by atoms with Crippen molar-refractivity contribution in [2.75, 3.05) is 0 Å². The van der Waals surface area contributed by atoms with Gasteiger partial charge in [-0.25, -0.2) is 0 Å². The highest BCUT2D eigenvalue weighted by Gasteiger charge is 2.19. The highest BCUT2D eigenvalue weighted by Crippen LogP contribution is 2.18. The second-order valence-electron chi connectivity index (χ2n) is 2.99. The molecule has 76 valence electrons. The van der Waals surface area contributed by atoms with Gasteiger partial charge in [0.25, 0.3) is 5.91 Å². The van der Waals surface area contributed by atoms with E-state index >= 15 is 0 Å². The van der Waals surface area contributed by atoms with E-state index in [1.54, 1.807) is 6.08 Å². The maximum atomic E-state index is 11.4. The highest BCUT2D eigenvalue weighted by molar-refractivity contribution is 9.10. The van der Waals surface area contributed by atoms with Gasteiger partial charge < -0.3 is 5.32 Å². The average molecular weight is 283 g/mol. The van der Waals surface area contributed by atoms with Crippen molar-refractivity contribution in [1.82, 2.24) is 10.6 Å². The van der Waals surface area contributed by atoms with Crippen LogP contribution in [0.4, 0.5) is 0 Å². The largest absolute Gasteiger partial charge is 0.328 e. The van der Waals surface area contributed by atoms with Gasteiger partial charge in [-0.05, 0) is 29.9 Å². The standard InChI is InChI=1S/C10H7BrN2OS/c11-7-4-2-1-3-6(7)5-8-9(14)13-10(15)12-8/h1-5H,(H2,12,13,14,15)/b8-5+. The molecule has 1 saturated heterocycles. The number of hydrogen-bond acceptors (Lipinski definition) is 2. The summed E-state index contributed by atoms with van der Waals surface area (Å²) in [7, 11) is 0. The molecule has 1 aliphatic rings. The third-order valence-corrected chi connectivity index (χ3v) is 2.85. The normalized spacial score (nSPS) is 17.8. The summed E-state index contributed by atoms with van der Waals surface area (Å²) in [4.78, 5) is 11.4. The van der Waals surface area contributed by atoms with E-state index in [2.05, 4.69) is 26.6 Å². The lowest BCUT2D eigenvalue weighted by atomic mass is 10.2. The molecule has 0 radical (unpaired) electrons. The first-order valence-corrected chi connectivity index (χ1v) is 5.45. The number of rotatable bonds is 1. The van der Waals surface area contributed by atoms with Gasteiger partial charge in [0.2, 0.25) is 0 Å². The van der Waals surface area contributed by atoms with Crippen molar-refractivity contribution in [1.29, 1.82) is 0 Å². The molecule has 1 amide bonds. The Balaban J connectivity index is 2.35. The Labute approximate surface area is 101 Å². The molecule has 1 aromatic rings. The summed E-state index contributed by atoms with van der Waals surface area (Å²) in [5.74, 6) is -0.198. The van der Waals surface area contributed by atoms with Crippen LogP contribution in [0.1, 0.15) is 5.56 Å². The van der Waals surface area contributed by atoms with Crippen LogP contribution in [-0.2, 0) is 4.79 Å². The van der Waals surface area contributed by atoms with Gasteiger partial charge in [-0.1, -0.05) is 34.1 Å². The van der Waals surface area contributed by atoms with E-state index in [4.69, 9.17) is 12.2 Å². The first-order valence-electron chi connectivity index (χ1n) is 4.25. The number of carbonyl (C=O) groups is 1. The zero-order valence-electron chi connectivity index (χ0n) is 7.58. The summed E-state index contributed by atoms with van der Waals surface area (Å²) in [6.45, 7) is 0. The fraction of sp³-hybridized carbons (Fsp3) is 0. The molecule has 1 heterocycles. The molecule has 3 nitrogen and oxygen atoms in total. The van der Waals surface area contributed by atoms with Crippen LogP contribution in [0.3, 0.4) is 0 Å². The summed E-state index contributed by atoms with van der Waals surface area (Å²) in [5.41, 5.74) is 1.40. The molecule has 2 rings (SSSR count). The van der Waals surface area contributed by atoms with E-state index in [-0.39, 0.29) is 5.91 Å². The minimum Gasteiger partial charge on any atom is -0.328 e. The van der Waals surface area contributed by atoms with Gasteiger partial charge in [-0.2, -0.15) is 0 Å². The SMILES string of the molecule is O=C1NC(=S)N/C1=C/c1ccccc1Br. The van der Waals surface area contributed by atoms with Crippen molar-refractivity contribution in [3.63, 3.8) is 0 Å². The van der Waals surface area contributed by atoms with Gasteiger partial charge in [-0.3, -0.25) is 10.1 Å². The molecule has 15 heavy (non-hydrogen) atoms. The van der Waals surface area contributed by atoms with E-state index in [1.807, 2.05) is 24.3 Å². The van der Waals surface area contributed by atoms with Crippen LogP contribution in [0.2, 0.25) is 0 Å². The number of halogens is 1. The molecule has 0 bridgehead atoms. The molecule has 0 saturated carbocycles. The molecule has 2 N–H and O–H groups in total. The summed E-state index contributed by atoms with van der Waals surface area (Å²) < 4.78 is 0.935. The molecule has 0 aromatic heterocycles. The molecule has 0 unspecified atom stereocenters. The van der Waals surface area contributed by atoms with Gasteiger partial charge in [-0.15, -0.1) is 0 Å². The zero-order valence-corrected chi connectivity index (χ0v) is 9.98. The molecule has 0 aliphatic carbocycles. The first-order chi connectivity index (χ1) is 7.16. The number of hydrogen-bond donors (Lipinski definition) is 2. The molecule has 1 fully saturated rings. The summed E-state index contributed by atoms with van der Waals surface area (Å²) >= 11 is 8.23. The second-order valence-corrected chi connectivity index (χ2v) is 4.25. The van der Waals surface area contributed by atoms with E-state index < -0.39 is 0 Å². The Morgan fingerprint density at radius 2 is 2.00 bits per heavy atom. The fourth-order valence-electron chi connectivity index (χ4n) is 1.23.